The second kappa shape index (κ2) is 8.16. The van der Waals surface area contributed by atoms with Crippen LogP contribution in [0.4, 0.5) is 4.39 Å². The quantitative estimate of drug-likeness (QED) is 0.733. The molecule has 2 aromatic rings. The summed E-state index contributed by atoms with van der Waals surface area (Å²) in [6.07, 6.45) is 0. The number of ether oxygens (including phenoxy) is 4. The Balaban J connectivity index is 1.45. The van der Waals surface area contributed by atoms with E-state index in [1.54, 1.807) is 18.2 Å². The molecule has 0 radical (unpaired) electrons. The third-order valence-electron chi connectivity index (χ3n) is 3.94. The molecule has 3 rings (SSSR count). The summed E-state index contributed by atoms with van der Waals surface area (Å²) in [7, 11) is 0. The number of amides is 1. The van der Waals surface area contributed by atoms with Gasteiger partial charge in [0.2, 0.25) is 6.79 Å². The highest BCUT2D eigenvalue weighted by atomic mass is 19.1. The Hall–Kier alpha value is -3.29. The Morgan fingerprint density at radius 2 is 1.82 bits per heavy atom. The summed E-state index contributed by atoms with van der Waals surface area (Å²) in [4.78, 5) is 24.2. The van der Waals surface area contributed by atoms with Crippen molar-refractivity contribution in [2.24, 2.45) is 0 Å². The zero-order valence-corrected chi connectivity index (χ0v) is 15.5. The van der Waals surface area contributed by atoms with Crippen LogP contribution in [0, 0.1) is 5.82 Å². The van der Waals surface area contributed by atoms with Crippen LogP contribution in [0.1, 0.15) is 19.4 Å². The van der Waals surface area contributed by atoms with E-state index in [2.05, 4.69) is 5.32 Å². The molecule has 0 spiro atoms. The fourth-order valence-electron chi connectivity index (χ4n) is 2.45. The summed E-state index contributed by atoms with van der Waals surface area (Å²) >= 11 is 0. The van der Waals surface area contributed by atoms with Crippen molar-refractivity contribution < 1.29 is 32.9 Å². The number of esters is 1. The molecule has 0 bridgehead atoms. The summed E-state index contributed by atoms with van der Waals surface area (Å²) in [5, 5.41) is 2.66. The maximum atomic E-state index is 12.9. The fraction of sp³-hybridized carbons (Fsp3) is 0.300. The number of carbonyl (C=O) groups is 2. The molecule has 0 aliphatic carbocycles. The van der Waals surface area contributed by atoms with Crippen LogP contribution in [0.2, 0.25) is 0 Å². The molecule has 1 heterocycles. The van der Waals surface area contributed by atoms with Gasteiger partial charge in [-0.1, -0.05) is 6.07 Å². The first-order valence-electron chi connectivity index (χ1n) is 8.60. The van der Waals surface area contributed by atoms with Crippen molar-refractivity contribution in [3.8, 4) is 17.2 Å². The molecule has 0 saturated carbocycles. The van der Waals surface area contributed by atoms with Gasteiger partial charge in [-0.2, -0.15) is 0 Å². The van der Waals surface area contributed by atoms with Gasteiger partial charge in [0.25, 0.3) is 5.91 Å². The van der Waals surface area contributed by atoms with Gasteiger partial charge in [0.1, 0.15) is 11.6 Å². The molecule has 0 aromatic heterocycles. The van der Waals surface area contributed by atoms with Crippen LogP contribution in [0.5, 0.6) is 17.2 Å². The molecule has 1 aliphatic heterocycles. The molecule has 8 heteroatoms. The van der Waals surface area contributed by atoms with Crippen molar-refractivity contribution in [2.45, 2.75) is 26.0 Å². The van der Waals surface area contributed by atoms with E-state index in [1.165, 1.54) is 38.1 Å². The van der Waals surface area contributed by atoms with Crippen LogP contribution in [0.25, 0.3) is 0 Å². The van der Waals surface area contributed by atoms with E-state index in [0.717, 1.165) is 5.56 Å². The minimum absolute atomic E-state index is 0.177. The molecule has 0 saturated heterocycles. The SMILES string of the molecule is CC(C)(Oc1ccc(F)cc1)C(=O)OCC(=O)NCc1ccc2c(c1)OCO2. The summed E-state index contributed by atoms with van der Waals surface area (Å²) in [6.45, 7) is 2.99. The molecule has 2 aromatic carbocycles. The average Bonchev–Trinajstić information content (AvgIpc) is 3.13. The minimum Gasteiger partial charge on any atom is -0.476 e. The minimum atomic E-state index is -1.34. The standard InChI is InChI=1S/C20H20FNO6/c1-20(2,28-15-6-4-14(21)5-7-15)19(24)25-11-18(23)22-10-13-3-8-16-17(9-13)27-12-26-16/h3-9H,10-12H2,1-2H3,(H,22,23). The second-order valence-electron chi connectivity index (χ2n) is 6.61. The van der Waals surface area contributed by atoms with Crippen LogP contribution >= 0.6 is 0 Å². The van der Waals surface area contributed by atoms with E-state index in [4.69, 9.17) is 18.9 Å². The maximum Gasteiger partial charge on any atom is 0.350 e. The highest BCUT2D eigenvalue weighted by Crippen LogP contribution is 2.32. The molecule has 148 valence electrons. The highest BCUT2D eigenvalue weighted by molar-refractivity contribution is 5.84. The van der Waals surface area contributed by atoms with Crippen LogP contribution < -0.4 is 19.5 Å². The average molecular weight is 389 g/mol. The van der Waals surface area contributed by atoms with Crippen LogP contribution in [-0.4, -0.2) is 30.9 Å². The lowest BCUT2D eigenvalue weighted by atomic mass is 10.1. The van der Waals surface area contributed by atoms with Crippen molar-refractivity contribution in [1.82, 2.24) is 5.32 Å². The number of fused-ring (bicyclic) bond motifs is 1. The smallest absolute Gasteiger partial charge is 0.350 e. The van der Waals surface area contributed by atoms with Crippen molar-refractivity contribution in [2.75, 3.05) is 13.4 Å². The first kappa shape index (κ1) is 19.5. The topological polar surface area (TPSA) is 83.1 Å². The monoisotopic (exact) mass is 389 g/mol. The van der Waals surface area contributed by atoms with Gasteiger partial charge in [-0.05, 0) is 55.8 Å². The zero-order valence-electron chi connectivity index (χ0n) is 15.5. The normalized spacial score (nSPS) is 12.4. The molecular formula is C20H20FNO6. The fourth-order valence-corrected chi connectivity index (χ4v) is 2.45. The number of hydrogen-bond acceptors (Lipinski definition) is 6. The van der Waals surface area contributed by atoms with E-state index in [1.807, 2.05) is 0 Å². The molecule has 1 aliphatic rings. The second-order valence-corrected chi connectivity index (χ2v) is 6.61. The number of benzene rings is 2. The largest absolute Gasteiger partial charge is 0.476 e. The van der Waals surface area contributed by atoms with Gasteiger partial charge in [0.05, 0.1) is 0 Å². The molecular weight excluding hydrogens is 369 g/mol. The lowest BCUT2D eigenvalue weighted by Crippen LogP contribution is -2.41. The van der Waals surface area contributed by atoms with E-state index < -0.39 is 29.9 Å². The van der Waals surface area contributed by atoms with E-state index in [-0.39, 0.29) is 13.3 Å². The Morgan fingerprint density at radius 3 is 2.57 bits per heavy atom. The Bertz CT molecular complexity index is 865. The third-order valence-corrected chi connectivity index (χ3v) is 3.94. The summed E-state index contributed by atoms with van der Waals surface area (Å²) < 4.78 is 34.0. The van der Waals surface area contributed by atoms with Crippen molar-refractivity contribution >= 4 is 11.9 Å². The molecule has 0 fully saturated rings. The van der Waals surface area contributed by atoms with Gasteiger partial charge in [-0.25, -0.2) is 9.18 Å². The lowest BCUT2D eigenvalue weighted by Gasteiger charge is -2.24. The molecule has 1 amide bonds. The Morgan fingerprint density at radius 1 is 1.11 bits per heavy atom. The predicted octanol–water partition coefficient (Wildman–Crippen LogP) is 2.57. The number of halogens is 1. The Labute approximate surface area is 161 Å². The van der Waals surface area contributed by atoms with E-state index in [0.29, 0.717) is 17.2 Å². The summed E-state index contributed by atoms with van der Waals surface area (Å²) in [5.74, 6) is 0.0198. The number of hydrogen-bond donors (Lipinski definition) is 1. The summed E-state index contributed by atoms with van der Waals surface area (Å²) in [6, 6.07) is 10.6. The van der Waals surface area contributed by atoms with Gasteiger partial charge in [-0.3, -0.25) is 4.79 Å². The molecule has 28 heavy (non-hydrogen) atoms. The third kappa shape index (κ3) is 4.91. The van der Waals surface area contributed by atoms with Gasteiger partial charge in [0.15, 0.2) is 23.7 Å². The first-order valence-corrected chi connectivity index (χ1v) is 8.60. The maximum absolute atomic E-state index is 12.9. The van der Waals surface area contributed by atoms with E-state index in [9.17, 15) is 14.0 Å². The number of carbonyl (C=O) groups excluding carboxylic acids is 2. The van der Waals surface area contributed by atoms with Gasteiger partial charge < -0.3 is 24.3 Å². The van der Waals surface area contributed by atoms with Gasteiger partial charge in [0, 0.05) is 6.54 Å². The highest BCUT2D eigenvalue weighted by Gasteiger charge is 2.32. The van der Waals surface area contributed by atoms with E-state index >= 15 is 0 Å². The van der Waals surface area contributed by atoms with Crippen molar-refractivity contribution in [3.63, 3.8) is 0 Å². The van der Waals surface area contributed by atoms with Gasteiger partial charge >= 0.3 is 5.97 Å². The van der Waals surface area contributed by atoms with Crippen LogP contribution in [-0.2, 0) is 20.9 Å². The zero-order chi connectivity index (χ0) is 20.1. The van der Waals surface area contributed by atoms with Crippen LogP contribution in [0.3, 0.4) is 0 Å². The first-order chi connectivity index (χ1) is 13.3. The lowest BCUT2D eigenvalue weighted by molar-refractivity contribution is -0.162. The molecule has 0 unspecified atom stereocenters. The predicted molar refractivity (Wildman–Crippen MR) is 96.5 cm³/mol. The summed E-state index contributed by atoms with van der Waals surface area (Å²) in [5.41, 5.74) is -0.515. The molecule has 7 nitrogen and oxygen atoms in total. The molecule has 0 atom stereocenters. The van der Waals surface area contributed by atoms with Crippen molar-refractivity contribution in [1.29, 1.82) is 0 Å². The van der Waals surface area contributed by atoms with Gasteiger partial charge in [-0.15, -0.1) is 0 Å². The van der Waals surface area contributed by atoms with Crippen LogP contribution in [0.15, 0.2) is 42.5 Å². The van der Waals surface area contributed by atoms with Crippen molar-refractivity contribution in [3.05, 3.63) is 53.8 Å². The molecule has 1 N–H and O–H groups in total. The number of nitrogens with one attached hydrogen (secondary N) is 1. The number of rotatable bonds is 7. The Kier molecular flexibility index (Phi) is 5.67.